The number of ketones is 1. The number of aromatic amines is 3. The number of H-pyrrole nitrogens is 3. The van der Waals surface area contributed by atoms with Crippen molar-refractivity contribution in [2.75, 3.05) is 80.4 Å². The van der Waals surface area contributed by atoms with Crippen molar-refractivity contribution in [2.24, 2.45) is 4.99 Å². The summed E-state index contributed by atoms with van der Waals surface area (Å²) in [6, 6.07) is 27.7. The van der Waals surface area contributed by atoms with E-state index in [-0.39, 0.29) is 28.1 Å². The maximum absolute atomic E-state index is 13.4. The molecule has 7 N–H and O–H groups in total. The van der Waals surface area contributed by atoms with E-state index in [1.54, 1.807) is 30.9 Å². The van der Waals surface area contributed by atoms with E-state index in [0.29, 0.717) is 61.0 Å². The van der Waals surface area contributed by atoms with Gasteiger partial charge in [0.05, 0.1) is 55.2 Å². The molecule has 0 radical (unpaired) electrons. The van der Waals surface area contributed by atoms with Gasteiger partial charge in [-0.1, -0.05) is 58.7 Å². The predicted molar refractivity (Wildman–Crippen MR) is 293 cm³/mol. The summed E-state index contributed by atoms with van der Waals surface area (Å²) in [6.07, 6.45) is 8.55. The van der Waals surface area contributed by atoms with Gasteiger partial charge in [0.1, 0.15) is 47.2 Å². The number of morpholine rings is 2. The molecule has 3 aliphatic heterocycles. The van der Waals surface area contributed by atoms with E-state index in [9.17, 15) is 13.6 Å². The highest BCUT2D eigenvalue weighted by Gasteiger charge is 2.20. The summed E-state index contributed by atoms with van der Waals surface area (Å²) >= 11 is 0. The second kappa shape index (κ2) is 24.8. The lowest BCUT2D eigenvalue weighted by atomic mass is 10.0. The fraction of sp³-hybridized carbons (Fsp3) is 0.255. The summed E-state index contributed by atoms with van der Waals surface area (Å²) in [7, 11) is 0. The summed E-state index contributed by atoms with van der Waals surface area (Å²) < 4.78 is 37.0. The van der Waals surface area contributed by atoms with E-state index in [0.717, 1.165) is 112 Å². The van der Waals surface area contributed by atoms with E-state index in [2.05, 4.69) is 77.0 Å². The van der Waals surface area contributed by atoms with E-state index in [4.69, 9.17) is 20.9 Å². The topological polar surface area (TPSA) is 244 Å². The number of Topliss-reactive ketones (excluding diaryl/α,β-unsaturated/α-hetero) is 1. The number of benzene rings is 2. The van der Waals surface area contributed by atoms with Crippen LogP contribution in [0, 0.1) is 11.9 Å². The van der Waals surface area contributed by atoms with Crippen molar-refractivity contribution >= 4 is 56.7 Å². The summed E-state index contributed by atoms with van der Waals surface area (Å²) in [6.45, 7) is 6.65. The van der Waals surface area contributed by atoms with Crippen LogP contribution in [0.3, 0.4) is 0 Å². The molecular weight excluding hydrogens is 957 g/mol. The molecule has 0 saturated carbocycles. The lowest BCUT2D eigenvalue weighted by molar-refractivity contribution is -0.117. The molecule has 2 saturated heterocycles. The van der Waals surface area contributed by atoms with Gasteiger partial charge >= 0.3 is 0 Å². The van der Waals surface area contributed by atoms with Gasteiger partial charge in [0.15, 0.2) is 0 Å². The van der Waals surface area contributed by atoms with Gasteiger partial charge < -0.3 is 40.7 Å². The van der Waals surface area contributed by atoms with Crippen LogP contribution in [-0.2, 0) is 20.7 Å². The number of nitrogens with one attached hydrogen (secondary N) is 3. The number of nitrogens with zero attached hydrogens (tertiary/aromatic N) is 10. The SMILES string of the molecule is C.C.C.Nc1cc(-c2ccnc(F)c2)[nH]n1.Nc1ccc(-c2cc3c(N4CCOCC4)ncnc3[nH]2)cc1.O=C(CC1=CC(c2ccnc(F)c2)=NC1)Cc1ccc(-c2cc3c(N4CCOCC4)ncnc3[nH]2)cc1. The Morgan fingerprint density at radius 2 is 1.11 bits per heavy atom. The molecule has 0 spiro atoms. The lowest BCUT2D eigenvalue weighted by Gasteiger charge is -2.27. The highest BCUT2D eigenvalue weighted by atomic mass is 19.1. The molecule has 3 aliphatic rings. The van der Waals surface area contributed by atoms with Gasteiger partial charge in [0.25, 0.3) is 0 Å². The van der Waals surface area contributed by atoms with Crippen LogP contribution in [0.5, 0.6) is 0 Å². The highest BCUT2D eigenvalue weighted by molar-refractivity contribution is 6.11. The van der Waals surface area contributed by atoms with Crippen LogP contribution < -0.4 is 21.3 Å². The standard InChI is InChI=1S/C28H25FN6O2.C16H17N5O.C8H7FN4.3CH4/c29-26-14-21(5-6-30-26)24-13-19(16-31-24)12-22(36)11-18-1-3-20(4-2-18)25-15-23-27(34-25)32-17-33-28(23)35-7-9-37-10-8-35;17-12-3-1-11(2-4-12)14-9-13-15(20-14)18-10-19-16(13)21-5-7-22-8-6-21;9-7-3-5(1-2-11-7)6-4-8(10)13-12-6;;;/h1-6,13-15,17H,7-12,16H2,(H,32,33,34);1-4,9-10H,5-8,17H2,(H,18,19,20);1-4H,(H3,10,12,13);3*1H4. The Morgan fingerprint density at radius 3 is 1.63 bits per heavy atom. The molecule has 2 fully saturated rings. The molecule has 18 nitrogen and oxygen atoms in total. The van der Waals surface area contributed by atoms with Crippen molar-refractivity contribution in [3.63, 3.8) is 0 Å². The zero-order valence-corrected chi connectivity index (χ0v) is 38.9. The number of hydrogen-bond acceptors (Lipinski definition) is 15. The maximum atomic E-state index is 13.4. The molecular formula is C55H61F2N15O3. The number of allylic oxidation sites excluding steroid dienone is 1. The quantitative estimate of drug-likeness (QED) is 0.0634. The van der Waals surface area contributed by atoms with Crippen molar-refractivity contribution in [3.8, 4) is 33.8 Å². The first-order valence-corrected chi connectivity index (χ1v) is 23.3. The maximum Gasteiger partial charge on any atom is 0.213 e. The Labute approximate surface area is 433 Å². The molecule has 0 unspecified atom stereocenters. The van der Waals surface area contributed by atoms with Gasteiger partial charge in [0, 0.05) is 97.8 Å². The molecule has 7 aromatic heterocycles. The fourth-order valence-corrected chi connectivity index (χ4v) is 8.60. The van der Waals surface area contributed by atoms with Crippen LogP contribution in [0.15, 0.2) is 133 Å². The van der Waals surface area contributed by atoms with Crippen LogP contribution in [0.4, 0.5) is 31.9 Å². The molecule has 12 rings (SSSR count). The molecule has 0 aliphatic carbocycles. The number of pyridine rings is 2. The third-order valence-corrected chi connectivity index (χ3v) is 12.2. The van der Waals surface area contributed by atoms with Crippen molar-refractivity contribution < 1.29 is 23.0 Å². The number of fused-ring (bicyclic) bond motifs is 2. The van der Waals surface area contributed by atoms with Gasteiger partial charge in [-0.15, -0.1) is 0 Å². The molecule has 10 heterocycles. The zero-order valence-electron chi connectivity index (χ0n) is 38.9. The van der Waals surface area contributed by atoms with Gasteiger partial charge in [-0.05, 0) is 64.7 Å². The number of aromatic nitrogens is 10. The number of halogens is 2. The summed E-state index contributed by atoms with van der Waals surface area (Å²) in [5, 5.41) is 8.44. The number of rotatable bonds is 10. The normalized spacial score (nSPS) is 14.0. The Kier molecular flexibility index (Phi) is 17.9. The summed E-state index contributed by atoms with van der Waals surface area (Å²) in [5.41, 5.74) is 22.2. The minimum atomic E-state index is -0.542. The van der Waals surface area contributed by atoms with E-state index < -0.39 is 11.9 Å². The number of hydrogen-bond donors (Lipinski definition) is 5. The average molecular weight is 1020 g/mol. The molecule has 0 amide bonds. The number of carbonyl (C=O) groups is 1. The largest absolute Gasteiger partial charge is 0.399 e. The van der Waals surface area contributed by atoms with Gasteiger partial charge in [0.2, 0.25) is 11.9 Å². The van der Waals surface area contributed by atoms with Crippen molar-refractivity contribution in [1.29, 1.82) is 0 Å². The number of ether oxygens (including phenoxy) is 2. The van der Waals surface area contributed by atoms with Crippen molar-refractivity contribution in [1.82, 2.24) is 50.1 Å². The van der Waals surface area contributed by atoms with E-state index in [1.165, 1.54) is 24.5 Å². The van der Waals surface area contributed by atoms with Crippen LogP contribution in [0.1, 0.15) is 39.8 Å². The first kappa shape index (κ1) is 54.0. The zero-order chi connectivity index (χ0) is 49.4. The fourth-order valence-electron chi connectivity index (χ4n) is 8.60. The van der Waals surface area contributed by atoms with E-state index in [1.807, 2.05) is 54.6 Å². The molecule has 0 atom stereocenters. The number of anilines is 4. The lowest BCUT2D eigenvalue weighted by Crippen LogP contribution is -2.36. The second-order valence-electron chi connectivity index (χ2n) is 17.1. The van der Waals surface area contributed by atoms with Gasteiger partial charge in [-0.25, -0.2) is 29.9 Å². The first-order chi connectivity index (χ1) is 35.2. The molecule has 20 heteroatoms. The molecule has 0 bridgehead atoms. The van der Waals surface area contributed by atoms with Crippen LogP contribution in [0.2, 0.25) is 0 Å². The average Bonchev–Trinajstić information content (AvgIpc) is 4.25. The predicted octanol–water partition coefficient (Wildman–Crippen LogP) is 9.07. The Balaban J connectivity index is 0.000000183. The monoisotopic (exact) mass is 1020 g/mol. The Bertz CT molecular complexity index is 3400. The minimum absolute atomic E-state index is 0. The number of carbonyl (C=O) groups excluding carboxylic acids is 1. The third-order valence-electron chi connectivity index (χ3n) is 12.2. The van der Waals surface area contributed by atoms with Crippen LogP contribution in [0.25, 0.3) is 55.8 Å². The smallest absolute Gasteiger partial charge is 0.213 e. The summed E-state index contributed by atoms with van der Waals surface area (Å²) in [5.74, 6) is 1.32. The van der Waals surface area contributed by atoms with Gasteiger partial charge in [-0.2, -0.15) is 13.9 Å². The molecule has 388 valence electrons. The van der Waals surface area contributed by atoms with Crippen LogP contribution >= 0.6 is 0 Å². The molecule has 9 aromatic rings. The first-order valence-electron chi connectivity index (χ1n) is 23.3. The molecule has 75 heavy (non-hydrogen) atoms. The van der Waals surface area contributed by atoms with Crippen LogP contribution in [-0.4, -0.2) is 121 Å². The number of nitrogen functional groups attached to an aromatic ring is 2. The minimum Gasteiger partial charge on any atom is -0.399 e. The Hall–Kier alpha value is -8.75. The van der Waals surface area contributed by atoms with E-state index >= 15 is 0 Å². The Morgan fingerprint density at radius 1 is 0.587 bits per heavy atom. The highest BCUT2D eigenvalue weighted by Crippen LogP contribution is 2.31. The third kappa shape index (κ3) is 13.1. The second-order valence-corrected chi connectivity index (χ2v) is 17.1. The van der Waals surface area contributed by atoms with Crippen molar-refractivity contribution in [2.45, 2.75) is 35.1 Å². The molecule has 2 aromatic carbocycles. The number of aliphatic imine (C=N–C) groups is 1. The summed E-state index contributed by atoms with van der Waals surface area (Å²) in [4.78, 5) is 53.2. The van der Waals surface area contributed by atoms with Crippen molar-refractivity contribution in [3.05, 3.63) is 151 Å². The number of nitrogens with two attached hydrogens (primary N) is 2. The van der Waals surface area contributed by atoms with Gasteiger partial charge in [-0.3, -0.25) is 14.9 Å².